The van der Waals surface area contributed by atoms with E-state index >= 15 is 0 Å². The van der Waals surface area contributed by atoms with E-state index in [2.05, 4.69) is 34.6 Å². The highest BCUT2D eigenvalue weighted by molar-refractivity contribution is 5.93. The number of fused-ring (bicyclic) bond motifs is 4. The minimum absolute atomic E-state index is 0.0290. The Bertz CT molecular complexity index is 865. The molecule has 3 saturated heterocycles. The molecule has 0 bridgehead atoms. The molecule has 5 heteroatoms. The van der Waals surface area contributed by atoms with Crippen molar-refractivity contribution in [1.29, 1.82) is 0 Å². The summed E-state index contributed by atoms with van der Waals surface area (Å²) in [6.45, 7) is 12.0. The van der Waals surface area contributed by atoms with Gasteiger partial charge in [0.1, 0.15) is 35.6 Å². The molecule has 0 aromatic rings. The zero-order valence-electron chi connectivity index (χ0n) is 17.4. The van der Waals surface area contributed by atoms with Gasteiger partial charge in [-0.25, -0.2) is 4.79 Å². The van der Waals surface area contributed by atoms with Gasteiger partial charge in [0.05, 0.1) is 6.10 Å². The summed E-state index contributed by atoms with van der Waals surface area (Å²) in [6.07, 6.45) is 3.64. The van der Waals surface area contributed by atoms with Crippen LogP contribution in [0, 0.1) is 29.1 Å². The smallest absolute Gasteiger partial charge is 0.334 e. The summed E-state index contributed by atoms with van der Waals surface area (Å²) in [6, 6.07) is 0. The van der Waals surface area contributed by atoms with Gasteiger partial charge in [-0.05, 0) is 36.2 Å². The Balaban J connectivity index is 1.37. The van der Waals surface area contributed by atoms with Crippen LogP contribution in [0.25, 0.3) is 0 Å². The zero-order chi connectivity index (χ0) is 19.4. The molecular weight excluding hydrogens is 356 g/mol. The highest BCUT2D eigenvalue weighted by Crippen LogP contribution is 2.84. The molecule has 5 nitrogen and oxygen atoms in total. The van der Waals surface area contributed by atoms with Crippen LogP contribution >= 0.6 is 0 Å². The fourth-order valence-electron chi connectivity index (χ4n) is 8.95. The average Bonchev–Trinajstić information content (AvgIpc) is 3.54. The van der Waals surface area contributed by atoms with Crippen molar-refractivity contribution in [2.45, 2.75) is 89.0 Å². The van der Waals surface area contributed by atoms with E-state index in [1.165, 1.54) is 5.57 Å². The molecule has 2 spiro atoms. The minimum Gasteiger partial charge on any atom is -0.458 e. The molecule has 4 heterocycles. The van der Waals surface area contributed by atoms with E-state index in [1.807, 2.05) is 0 Å². The van der Waals surface area contributed by atoms with Crippen molar-refractivity contribution in [3.05, 3.63) is 11.1 Å². The number of epoxide rings is 3. The van der Waals surface area contributed by atoms with E-state index in [1.54, 1.807) is 0 Å². The van der Waals surface area contributed by atoms with Crippen LogP contribution in [0.15, 0.2) is 11.1 Å². The largest absolute Gasteiger partial charge is 0.458 e. The van der Waals surface area contributed by atoms with E-state index in [0.29, 0.717) is 24.4 Å². The lowest BCUT2D eigenvalue weighted by molar-refractivity contribution is -0.136. The van der Waals surface area contributed by atoms with Crippen LogP contribution in [0.4, 0.5) is 0 Å². The topological polar surface area (TPSA) is 63.9 Å². The minimum atomic E-state index is -0.260. The molecule has 0 aromatic heterocycles. The van der Waals surface area contributed by atoms with Crippen LogP contribution in [-0.4, -0.2) is 47.7 Å². The highest BCUT2D eigenvalue weighted by atomic mass is 16.7. The second-order valence-corrected chi connectivity index (χ2v) is 10.9. The summed E-state index contributed by atoms with van der Waals surface area (Å²) >= 11 is 0. The third-order valence-corrected chi connectivity index (χ3v) is 10.3. The third-order valence-electron chi connectivity index (χ3n) is 10.3. The van der Waals surface area contributed by atoms with E-state index in [4.69, 9.17) is 18.9 Å². The van der Waals surface area contributed by atoms with Gasteiger partial charge in [-0.2, -0.15) is 0 Å². The molecule has 0 N–H and O–H groups in total. The van der Waals surface area contributed by atoms with E-state index in [0.717, 1.165) is 24.8 Å². The first kappa shape index (κ1) is 16.8. The second kappa shape index (κ2) is 4.40. The van der Waals surface area contributed by atoms with Gasteiger partial charge in [0, 0.05) is 16.9 Å². The first-order chi connectivity index (χ1) is 13.3. The standard InChI is InChI=1S/C23H30O5/c1-6-11(3)21-12(4)22-15(26-22)7-14-13-9-25-19(24)16(13)10(2)8-20(14,5)23(22)18(28-23)17(21)27-21/h10-12,14-15,17-18H,6-9H2,1-5H3/t10?,11?,12?,14-,15-,17-,18-,20-,21+,22-,23+/m0/s1. The Morgan fingerprint density at radius 1 is 1.18 bits per heavy atom. The lowest BCUT2D eigenvalue weighted by Crippen LogP contribution is -2.67. The quantitative estimate of drug-likeness (QED) is 0.539. The molecule has 4 aliphatic heterocycles. The van der Waals surface area contributed by atoms with Crippen LogP contribution in [0.3, 0.4) is 0 Å². The van der Waals surface area contributed by atoms with Crippen molar-refractivity contribution in [3.8, 4) is 0 Å². The number of hydrogen-bond donors (Lipinski definition) is 0. The highest BCUT2D eigenvalue weighted by Gasteiger charge is 2.99. The van der Waals surface area contributed by atoms with Gasteiger partial charge < -0.3 is 18.9 Å². The predicted molar refractivity (Wildman–Crippen MR) is 99.4 cm³/mol. The van der Waals surface area contributed by atoms with Crippen molar-refractivity contribution < 1.29 is 23.7 Å². The lowest BCUT2D eigenvalue weighted by Gasteiger charge is -2.55. The molecule has 7 rings (SSSR count). The Morgan fingerprint density at radius 3 is 2.71 bits per heavy atom. The molecule has 28 heavy (non-hydrogen) atoms. The molecule has 5 fully saturated rings. The number of hydrogen-bond acceptors (Lipinski definition) is 5. The summed E-state index contributed by atoms with van der Waals surface area (Å²) in [4.78, 5) is 12.4. The third kappa shape index (κ3) is 1.34. The van der Waals surface area contributed by atoms with E-state index in [-0.39, 0.29) is 52.4 Å². The van der Waals surface area contributed by atoms with E-state index in [9.17, 15) is 4.79 Å². The maximum Gasteiger partial charge on any atom is 0.334 e. The number of carbonyl (C=O) groups excluding carboxylic acids is 1. The van der Waals surface area contributed by atoms with Gasteiger partial charge in [-0.1, -0.05) is 41.0 Å². The number of cyclic esters (lactones) is 1. The van der Waals surface area contributed by atoms with Gasteiger partial charge in [-0.15, -0.1) is 0 Å². The summed E-state index contributed by atoms with van der Waals surface area (Å²) in [5, 5.41) is 0. The summed E-state index contributed by atoms with van der Waals surface area (Å²) in [5.41, 5.74) is 1.61. The van der Waals surface area contributed by atoms with Gasteiger partial charge in [0.2, 0.25) is 0 Å². The molecule has 0 amide bonds. The fraction of sp³-hybridized carbons (Fsp3) is 0.870. The molecule has 7 aliphatic rings. The number of ether oxygens (including phenoxy) is 4. The SMILES string of the molecule is CCC(C)[C@]12O[C@H]1[C@@H]1O[C@@]13[C@@]1(C)CC(C)C4=C(COC4=O)[C@@H]1C[C@@H]1O[C@@]13C2C. The number of rotatable bonds is 2. The number of carbonyl (C=O) groups is 1. The molecule has 2 saturated carbocycles. The van der Waals surface area contributed by atoms with Crippen LogP contribution in [0.1, 0.15) is 53.9 Å². The molecular formula is C23H30O5. The Morgan fingerprint density at radius 2 is 1.96 bits per heavy atom. The van der Waals surface area contributed by atoms with Crippen LogP contribution in [0.2, 0.25) is 0 Å². The zero-order valence-corrected chi connectivity index (χ0v) is 17.4. The van der Waals surface area contributed by atoms with Crippen molar-refractivity contribution >= 4 is 5.97 Å². The van der Waals surface area contributed by atoms with Crippen molar-refractivity contribution in [3.63, 3.8) is 0 Å². The van der Waals surface area contributed by atoms with Gasteiger partial charge in [0.25, 0.3) is 0 Å². The monoisotopic (exact) mass is 386 g/mol. The predicted octanol–water partition coefficient (Wildman–Crippen LogP) is 3.01. The maximum atomic E-state index is 12.4. The van der Waals surface area contributed by atoms with Crippen molar-refractivity contribution in [1.82, 2.24) is 0 Å². The molecule has 3 aliphatic carbocycles. The van der Waals surface area contributed by atoms with Gasteiger partial charge in [0.15, 0.2) is 0 Å². The fourth-order valence-corrected chi connectivity index (χ4v) is 8.95. The number of esters is 1. The lowest BCUT2D eigenvalue weighted by atomic mass is 9.44. The summed E-state index contributed by atoms with van der Waals surface area (Å²) in [7, 11) is 0. The Labute approximate surface area is 166 Å². The second-order valence-electron chi connectivity index (χ2n) is 10.9. The summed E-state index contributed by atoms with van der Waals surface area (Å²) in [5.74, 6) is 1.29. The average molecular weight is 386 g/mol. The van der Waals surface area contributed by atoms with Gasteiger partial charge in [-0.3, -0.25) is 0 Å². The maximum absolute atomic E-state index is 12.4. The Hall–Kier alpha value is -0.910. The van der Waals surface area contributed by atoms with Gasteiger partial charge >= 0.3 is 5.97 Å². The van der Waals surface area contributed by atoms with Crippen LogP contribution < -0.4 is 0 Å². The first-order valence-corrected chi connectivity index (χ1v) is 11.2. The first-order valence-electron chi connectivity index (χ1n) is 11.2. The van der Waals surface area contributed by atoms with Crippen LogP contribution in [-0.2, 0) is 23.7 Å². The molecule has 11 atom stereocenters. The molecule has 152 valence electrons. The Kier molecular flexibility index (Phi) is 2.65. The normalized spacial score (nSPS) is 63.1. The molecule has 0 aromatic carbocycles. The molecule has 0 radical (unpaired) electrons. The van der Waals surface area contributed by atoms with Crippen molar-refractivity contribution in [2.75, 3.05) is 6.61 Å². The summed E-state index contributed by atoms with van der Waals surface area (Å²) < 4.78 is 25.4. The molecule has 3 unspecified atom stereocenters. The van der Waals surface area contributed by atoms with Crippen LogP contribution in [0.5, 0.6) is 0 Å². The van der Waals surface area contributed by atoms with E-state index < -0.39 is 0 Å². The van der Waals surface area contributed by atoms with Crippen molar-refractivity contribution in [2.24, 2.45) is 29.1 Å².